The lowest BCUT2D eigenvalue weighted by molar-refractivity contribution is -0.138. The summed E-state index contributed by atoms with van der Waals surface area (Å²) >= 11 is 2.06. The fourth-order valence-corrected chi connectivity index (χ4v) is 5.98. The molecular weight excluding hydrogens is 549 g/mol. The van der Waals surface area contributed by atoms with E-state index in [0.29, 0.717) is 35.0 Å². The molecule has 34 heavy (non-hydrogen) atoms. The number of halogens is 1. The predicted octanol–water partition coefficient (Wildman–Crippen LogP) is 3.89. The van der Waals surface area contributed by atoms with E-state index in [4.69, 9.17) is 4.74 Å². The number of amides is 2. The minimum atomic E-state index is -0.800. The van der Waals surface area contributed by atoms with Crippen LogP contribution in [0.3, 0.4) is 0 Å². The number of carbonyl (C=O) groups is 2. The molecule has 1 aromatic rings. The van der Waals surface area contributed by atoms with Crippen LogP contribution < -0.4 is 4.74 Å². The Labute approximate surface area is 214 Å². The number of allylic oxidation sites excluding steroid dienone is 2. The lowest BCUT2D eigenvalue weighted by atomic mass is 9.67. The van der Waals surface area contributed by atoms with Crippen LogP contribution in [0.4, 0.5) is 0 Å². The van der Waals surface area contributed by atoms with Gasteiger partial charge in [0.25, 0.3) is 0 Å². The van der Waals surface area contributed by atoms with E-state index in [-0.39, 0.29) is 24.2 Å². The van der Waals surface area contributed by atoms with E-state index >= 15 is 0 Å². The van der Waals surface area contributed by atoms with Crippen LogP contribution in [0.1, 0.15) is 51.5 Å². The second-order valence-corrected chi connectivity index (χ2v) is 10.2. The van der Waals surface area contributed by atoms with Gasteiger partial charge in [0.05, 0.1) is 35.2 Å². The average molecular weight is 583 g/mol. The van der Waals surface area contributed by atoms with Crippen molar-refractivity contribution in [1.82, 2.24) is 4.90 Å². The molecule has 0 spiro atoms. The summed E-state index contributed by atoms with van der Waals surface area (Å²) in [6, 6.07) is 3.66. The summed E-state index contributed by atoms with van der Waals surface area (Å²) in [5, 5.41) is 31.5. The fraction of sp³-hybridized carbons (Fsp3) is 0.538. The first-order chi connectivity index (χ1) is 16.2. The molecule has 3 N–H and O–H groups in total. The molecule has 1 aliphatic heterocycles. The molecule has 3 rings (SSSR count). The van der Waals surface area contributed by atoms with Gasteiger partial charge < -0.3 is 20.1 Å². The third-order valence-corrected chi connectivity index (χ3v) is 8.04. The van der Waals surface area contributed by atoms with E-state index in [1.807, 2.05) is 19.1 Å². The van der Waals surface area contributed by atoms with Gasteiger partial charge in [-0.2, -0.15) is 0 Å². The molecule has 186 valence electrons. The molecule has 0 aromatic heterocycles. The van der Waals surface area contributed by atoms with E-state index in [1.54, 1.807) is 6.07 Å². The predicted molar refractivity (Wildman–Crippen MR) is 138 cm³/mol. The number of rotatable bonds is 9. The van der Waals surface area contributed by atoms with Gasteiger partial charge in [-0.05, 0) is 78.0 Å². The summed E-state index contributed by atoms with van der Waals surface area (Å²) in [7, 11) is 3.01. The van der Waals surface area contributed by atoms with Gasteiger partial charge in [0.1, 0.15) is 0 Å². The molecule has 2 amide bonds. The van der Waals surface area contributed by atoms with Gasteiger partial charge in [0.15, 0.2) is 11.5 Å². The van der Waals surface area contributed by atoms with Crippen molar-refractivity contribution in [3.05, 3.63) is 38.0 Å². The first-order valence-electron chi connectivity index (χ1n) is 11.8. The molecule has 0 saturated carbocycles. The van der Waals surface area contributed by atoms with Gasteiger partial charge in [-0.3, -0.25) is 14.5 Å². The third-order valence-electron chi connectivity index (χ3n) is 7.22. The van der Waals surface area contributed by atoms with Crippen LogP contribution >= 0.6 is 22.6 Å². The number of hydrogen-bond donors (Lipinski definition) is 3. The van der Waals surface area contributed by atoms with Crippen molar-refractivity contribution >= 4 is 40.5 Å². The van der Waals surface area contributed by atoms with Crippen molar-refractivity contribution in [3.63, 3.8) is 0 Å². The Morgan fingerprint density at radius 3 is 2.59 bits per heavy atom. The molecule has 1 heterocycles. The number of methoxy groups -OCH3 is 1. The number of benzene rings is 1. The Hall–Kier alpha value is -1.91. The summed E-state index contributed by atoms with van der Waals surface area (Å²) in [5.41, 5.74) is 3.75. The number of imide groups is 1. The monoisotopic (exact) mass is 583 g/mol. The molecule has 1 saturated heterocycles. The van der Waals surface area contributed by atoms with Crippen molar-refractivity contribution in [2.24, 2.45) is 17.8 Å². The first-order valence-corrected chi connectivity index (χ1v) is 12.8. The number of aromatic hydroxyl groups is 1. The number of phenolic OH excluding ortho intramolecular Hbond substituents is 1. The molecule has 0 unspecified atom stereocenters. The maximum atomic E-state index is 12.8. The van der Waals surface area contributed by atoms with Crippen LogP contribution in [0, 0.1) is 21.3 Å². The molecule has 8 heteroatoms. The molecule has 1 aliphatic carbocycles. The number of phenols is 1. The smallest absolute Gasteiger partial charge is 0.233 e. The highest BCUT2D eigenvalue weighted by Crippen LogP contribution is 2.46. The molecule has 7 nitrogen and oxygen atoms in total. The van der Waals surface area contributed by atoms with E-state index in [1.165, 1.54) is 19.1 Å². The van der Waals surface area contributed by atoms with Crippen LogP contribution in [0.25, 0.3) is 6.08 Å². The Balaban J connectivity index is 1.83. The number of carbonyl (C=O) groups excluding carboxylic acids is 2. The molecule has 1 fully saturated rings. The van der Waals surface area contributed by atoms with Gasteiger partial charge in [-0.25, -0.2) is 0 Å². The van der Waals surface area contributed by atoms with Gasteiger partial charge in [-0.1, -0.05) is 31.1 Å². The van der Waals surface area contributed by atoms with Crippen LogP contribution in [-0.2, 0) is 9.59 Å². The summed E-state index contributed by atoms with van der Waals surface area (Å²) in [5.74, 6) is -1.52. The van der Waals surface area contributed by atoms with Gasteiger partial charge in [0, 0.05) is 13.0 Å². The minimum Gasteiger partial charge on any atom is -0.504 e. The number of hydrogen-bond acceptors (Lipinski definition) is 6. The SMILES string of the molecule is CCC1=C([C@H](O)CC/C(=C/c2cc(I)c(O)c(OC)c2)CC)[C@H](CO)[C@@H]2C(=O)N(C)C(=O)[C@@H]2C1. The second-order valence-electron chi connectivity index (χ2n) is 9.04. The van der Waals surface area contributed by atoms with Crippen molar-refractivity contribution in [1.29, 1.82) is 0 Å². The number of fused-ring (bicyclic) bond motifs is 1. The van der Waals surface area contributed by atoms with Crippen molar-refractivity contribution in [2.75, 3.05) is 20.8 Å². The number of nitrogens with zero attached hydrogens (tertiary/aromatic N) is 1. The van der Waals surface area contributed by atoms with Crippen LogP contribution in [0.5, 0.6) is 11.5 Å². The Bertz CT molecular complexity index is 1020. The minimum absolute atomic E-state index is 0.115. The van der Waals surface area contributed by atoms with Gasteiger partial charge in [-0.15, -0.1) is 0 Å². The van der Waals surface area contributed by atoms with Gasteiger partial charge >= 0.3 is 0 Å². The Morgan fingerprint density at radius 2 is 2.00 bits per heavy atom. The highest BCUT2D eigenvalue weighted by molar-refractivity contribution is 14.1. The van der Waals surface area contributed by atoms with Crippen LogP contribution in [0.2, 0.25) is 0 Å². The topological polar surface area (TPSA) is 107 Å². The zero-order valence-electron chi connectivity index (χ0n) is 20.2. The zero-order chi connectivity index (χ0) is 25.2. The normalized spacial score (nSPS) is 24.0. The summed E-state index contributed by atoms with van der Waals surface area (Å²) in [6.45, 7) is 3.77. The Kier molecular flexibility index (Phi) is 8.81. The highest BCUT2D eigenvalue weighted by Gasteiger charge is 2.53. The average Bonchev–Trinajstić information content (AvgIpc) is 3.05. The number of likely N-dealkylation sites (tertiary alicyclic amines) is 1. The highest BCUT2D eigenvalue weighted by atomic mass is 127. The summed E-state index contributed by atoms with van der Waals surface area (Å²) in [6.07, 6.45) is 4.25. The fourth-order valence-electron chi connectivity index (χ4n) is 5.35. The largest absolute Gasteiger partial charge is 0.504 e. The summed E-state index contributed by atoms with van der Waals surface area (Å²) < 4.78 is 5.95. The van der Waals surface area contributed by atoms with Crippen molar-refractivity contribution in [3.8, 4) is 11.5 Å². The first kappa shape index (κ1) is 26.7. The van der Waals surface area contributed by atoms with Crippen LogP contribution in [-0.4, -0.2) is 58.9 Å². The molecular formula is C26H34INO6. The molecule has 4 atom stereocenters. The molecule has 0 bridgehead atoms. The van der Waals surface area contributed by atoms with E-state index < -0.39 is 23.9 Å². The molecule has 1 aromatic carbocycles. The lowest BCUT2D eigenvalue weighted by Crippen LogP contribution is -2.39. The van der Waals surface area contributed by atoms with E-state index in [2.05, 4.69) is 29.5 Å². The second kappa shape index (κ2) is 11.2. The zero-order valence-corrected chi connectivity index (χ0v) is 22.3. The van der Waals surface area contributed by atoms with Crippen molar-refractivity contribution < 1.29 is 29.6 Å². The van der Waals surface area contributed by atoms with Crippen LogP contribution in [0.15, 0.2) is 28.9 Å². The maximum Gasteiger partial charge on any atom is 0.233 e. The van der Waals surface area contributed by atoms with Crippen molar-refractivity contribution in [2.45, 2.75) is 52.1 Å². The number of aliphatic hydroxyl groups is 2. The third kappa shape index (κ3) is 5.04. The molecule has 0 radical (unpaired) electrons. The Morgan fingerprint density at radius 1 is 1.29 bits per heavy atom. The molecule has 2 aliphatic rings. The van der Waals surface area contributed by atoms with E-state index in [0.717, 1.165) is 28.7 Å². The number of aliphatic hydroxyl groups excluding tert-OH is 2. The maximum absolute atomic E-state index is 12.8. The summed E-state index contributed by atoms with van der Waals surface area (Å²) in [4.78, 5) is 26.5. The number of ether oxygens (including phenoxy) is 1. The lowest BCUT2D eigenvalue weighted by Gasteiger charge is -2.36. The quantitative estimate of drug-likeness (QED) is 0.232. The van der Waals surface area contributed by atoms with Gasteiger partial charge in [0.2, 0.25) is 11.8 Å². The van der Waals surface area contributed by atoms with E-state index in [9.17, 15) is 24.9 Å². The standard InChI is InChI=1S/C26H34INO6/c1-5-14(9-15-10-19(27)24(31)21(11-15)34-4)7-8-20(30)22-16(6-2)12-17-23(18(22)13-29)26(33)28(3)25(17)32/h9-11,17-18,20,23,29-31H,5-8,12-13H2,1-4H3/b14-9+/t17-,18+,20-,23-/m1/s1.